The van der Waals surface area contributed by atoms with Crippen molar-refractivity contribution in [2.24, 2.45) is 0 Å². The highest BCUT2D eigenvalue weighted by Crippen LogP contribution is 2.19. The van der Waals surface area contributed by atoms with Crippen LogP contribution in [0.25, 0.3) is 11.0 Å². The molecule has 5 nitrogen and oxygen atoms in total. The molecule has 0 radical (unpaired) electrons. The third-order valence-electron chi connectivity index (χ3n) is 4.14. The van der Waals surface area contributed by atoms with E-state index in [1.807, 2.05) is 24.5 Å². The van der Waals surface area contributed by atoms with E-state index < -0.39 is 0 Å². The van der Waals surface area contributed by atoms with Gasteiger partial charge in [0, 0.05) is 62.6 Å². The molecule has 0 amide bonds. The highest BCUT2D eigenvalue weighted by atomic mass is 16.3. The van der Waals surface area contributed by atoms with Crippen LogP contribution in [0, 0.1) is 0 Å². The highest BCUT2D eigenvalue weighted by molar-refractivity contribution is 5.80. The number of aromatic nitrogens is 2. The maximum atomic E-state index is 9.44. The fraction of sp³-hybridized carbons (Fsp3) is 0.533. The molecule has 20 heavy (non-hydrogen) atoms. The van der Waals surface area contributed by atoms with E-state index in [0.717, 1.165) is 55.9 Å². The van der Waals surface area contributed by atoms with Crippen molar-refractivity contribution in [3.05, 3.63) is 30.1 Å². The number of hydrogen-bond donors (Lipinski definition) is 1. The number of pyridine rings is 1. The normalized spacial score (nSPS) is 17.9. The van der Waals surface area contributed by atoms with Crippen LogP contribution in [-0.2, 0) is 13.2 Å². The number of likely N-dealkylation sites (N-methyl/N-ethyl adjacent to an activating group) is 1. The Balaban J connectivity index is 1.71. The van der Waals surface area contributed by atoms with Crippen LogP contribution < -0.4 is 0 Å². The topological polar surface area (TPSA) is 44.5 Å². The molecule has 1 aliphatic rings. The molecule has 0 unspecified atom stereocenters. The predicted molar refractivity (Wildman–Crippen MR) is 79.6 cm³/mol. The number of hydrogen-bond acceptors (Lipinski definition) is 4. The fourth-order valence-corrected chi connectivity index (χ4v) is 2.81. The zero-order chi connectivity index (χ0) is 13.9. The van der Waals surface area contributed by atoms with Gasteiger partial charge in [0.1, 0.15) is 5.65 Å². The van der Waals surface area contributed by atoms with Crippen molar-refractivity contribution in [3.8, 4) is 0 Å². The smallest absolute Gasteiger partial charge is 0.140 e. The molecule has 0 bridgehead atoms. The average Bonchev–Trinajstić information content (AvgIpc) is 2.85. The number of aliphatic hydroxyl groups excluding tert-OH is 1. The fourth-order valence-electron chi connectivity index (χ4n) is 2.81. The molecule has 2 aromatic rings. The molecule has 1 fully saturated rings. The van der Waals surface area contributed by atoms with E-state index in [4.69, 9.17) is 0 Å². The van der Waals surface area contributed by atoms with Crippen molar-refractivity contribution in [2.45, 2.75) is 13.2 Å². The third kappa shape index (κ3) is 2.70. The van der Waals surface area contributed by atoms with E-state index in [1.54, 1.807) is 0 Å². The summed E-state index contributed by atoms with van der Waals surface area (Å²) < 4.78 is 2.17. The first kappa shape index (κ1) is 13.5. The quantitative estimate of drug-likeness (QED) is 0.895. The summed E-state index contributed by atoms with van der Waals surface area (Å²) in [5.41, 5.74) is 1.94. The Morgan fingerprint density at radius 1 is 1.20 bits per heavy atom. The molecule has 0 aromatic carbocycles. The molecule has 2 aromatic heterocycles. The number of piperazine rings is 1. The van der Waals surface area contributed by atoms with Crippen LogP contribution >= 0.6 is 0 Å². The maximum absolute atomic E-state index is 9.44. The lowest BCUT2D eigenvalue weighted by Crippen LogP contribution is -2.45. The summed E-state index contributed by atoms with van der Waals surface area (Å²) in [4.78, 5) is 9.31. The summed E-state index contributed by atoms with van der Waals surface area (Å²) in [6, 6.07) is 3.95. The second kappa shape index (κ2) is 5.91. The van der Waals surface area contributed by atoms with Crippen molar-refractivity contribution in [2.75, 3.05) is 39.8 Å². The summed E-state index contributed by atoms with van der Waals surface area (Å²) >= 11 is 0. The maximum Gasteiger partial charge on any atom is 0.140 e. The van der Waals surface area contributed by atoms with Gasteiger partial charge >= 0.3 is 0 Å². The number of fused-ring (bicyclic) bond motifs is 1. The molecule has 1 N–H and O–H groups in total. The molecule has 0 aliphatic carbocycles. The zero-order valence-corrected chi connectivity index (χ0v) is 12.0. The van der Waals surface area contributed by atoms with E-state index in [0.29, 0.717) is 0 Å². The van der Waals surface area contributed by atoms with E-state index in [-0.39, 0.29) is 6.61 Å². The summed E-state index contributed by atoms with van der Waals surface area (Å²) in [6.45, 7) is 6.60. The summed E-state index contributed by atoms with van der Waals surface area (Å²) in [7, 11) is 2.17. The standard InChI is InChI=1S/C15H22N4O/c1-17-5-7-18(8-6-17)9-10-19-11-13(12-20)14-3-2-4-16-15(14)19/h2-4,11,20H,5-10,12H2,1H3. The molecular weight excluding hydrogens is 252 g/mol. The SMILES string of the molecule is CN1CCN(CCn2cc(CO)c3cccnc32)CC1. The van der Waals surface area contributed by atoms with Crippen LogP contribution in [0.3, 0.4) is 0 Å². The molecular formula is C15H22N4O. The lowest BCUT2D eigenvalue weighted by Gasteiger charge is -2.32. The minimum absolute atomic E-state index is 0.0731. The van der Waals surface area contributed by atoms with E-state index >= 15 is 0 Å². The Labute approximate surface area is 119 Å². The van der Waals surface area contributed by atoms with Gasteiger partial charge in [-0.3, -0.25) is 4.90 Å². The largest absolute Gasteiger partial charge is 0.392 e. The first-order chi connectivity index (χ1) is 9.78. The molecule has 0 spiro atoms. The second-order valence-corrected chi connectivity index (χ2v) is 5.53. The number of aliphatic hydroxyl groups is 1. The van der Waals surface area contributed by atoms with Gasteiger partial charge in [-0.1, -0.05) is 0 Å². The van der Waals surface area contributed by atoms with Gasteiger partial charge < -0.3 is 14.6 Å². The van der Waals surface area contributed by atoms with Gasteiger partial charge in [-0.2, -0.15) is 0 Å². The minimum atomic E-state index is 0.0731. The molecule has 1 saturated heterocycles. The molecule has 1 aliphatic heterocycles. The van der Waals surface area contributed by atoms with Crippen molar-refractivity contribution < 1.29 is 5.11 Å². The molecule has 0 atom stereocenters. The monoisotopic (exact) mass is 274 g/mol. The van der Waals surface area contributed by atoms with Crippen molar-refractivity contribution in [1.82, 2.24) is 19.4 Å². The Hall–Kier alpha value is -1.43. The molecule has 108 valence electrons. The summed E-state index contributed by atoms with van der Waals surface area (Å²) in [5, 5.41) is 10.5. The van der Waals surface area contributed by atoms with Gasteiger partial charge in [-0.25, -0.2) is 4.98 Å². The van der Waals surface area contributed by atoms with Crippen molar-refractivity contribution >= 4 is 11.0 Å². The van der Waals surface area contributed by atoms with Crippen LogP contribution in [0.2, 0.25) is 0 Å². The van der Waals surface area contributed by atoms with Gasteiger partial charge in [-0.05, 0) is 19.2 Å². The van der Waals surface area contributed by atoms with Crippen LogP contribution in [0.4, 0.5) is 0 Å². The van der Waals surface area contributed by atoms with E-state index in [9.17, 15) is 5.11 Å². The average molecular weight is 274 g/mol. The highest BCUT2D eigenvalue weighted by Gasteiger charge is 2.14. The van der Waals surface area contributed by atoms with Gasteiger partial charge in [0.25, 0.3) is 0 Å². The summed E-state index contributed by atoms with van der Waals surface area (Å²) in [5.74, 6) is 0. The Kier molecular flexibility index (Phi) is 4.00. The van der Waals surface area contributed by atoms with Crippen LogP contribution in [0.1, 0.15) is 5.56 Å². The first-order valence-corrected chi connectivity index (χ1v) is 7.22. The minimum Gasteiger partial charge on any atom is -0.392 e. The van der Waals surface area contributed by atoms with Crippen molar-refractivity contribution in [1.29, 1.82) is 0 Å². The second-order valence-electron chi connectivity index (χ2n) is 5.53. The van der Waals surface area contributed by atoms with E-state index in [2.05, 4.69) is 26.4 Å². The van der Waals surface area contributed by atoms with Gasteiger partial charge in [0.15, 0.2) is 0 Å². The lowest BCUT2D eigenvalue weighted by molar-refractivity contribution is 0.150. The van der Waals surface area contributed by atoms with Crippen LogP contribution in [0.15, 0.2) is 24.5 Å². The lowest BCUT2D eigenvalue weighted by atomic mass is 10.2. The van der Waals surface area contributed by atoms with E-state index in [1.165, 1.54) is 0 Å². The zero-order valence-electron chi connectivity index (χ0n) is 12.0. The van der Waals surface area contributed by atoms with Gasteiger partial charge in [0.2, 0.25) is 0 Å². The number of rotatable bonds is 4. The van der Waals surface area contributed by atoms with Crippen LogP contribution in [-0.4, -0.2) is 64.2 Å². The first-order valence-electron chi connectivity index (χ1n) is 7.22. The summed E-state index contributed by atoms with van der Waals surface area (Å²) in [6.07, 6.45) is 3.85. The molecule has 3 rings (SSSR count). The van der Waals surface area contributed by atoms with Crippen molar-refractivity contribution in [3.63, 3.8) is 0 Å². The Morgan fingerprint density at radius 3 is 2.75 bits per heavy atom. The molecule has 3 heterocycles. The number of nitrogens with zero attached hydrogens (tertiary/aromatic N) is 4. The third-order valence-corrected chi connectivity index (χ3v) is 4.14. The van der Waals surface area contributed by atoms with Crippen LogP contribution in [0.5, 0.6) is 0 Å². The van der Waals surface area contributed by atoms with Gasteiger partial charge in [-0.15, -0.1) is 0 Å². The molecule has 5 heteroatoms. The molecule has 0 saturated carbocycles. The van der Waals surface area contributed by atoms with Gasteiger partial charge in [0.05, 0.1) is 6.61 Å². The predicted octanol–water partition coefficient (Wildman–Crippen LogP) is 0.776. The Bertz CT molecular complexity index is 572. The Morgan fingerprint density at radius 2 is 2.00 bits per heavy atom.